The van der Waals surface area contributed by atoms with Gasteiger partial charge in [0.25, 0.3) is 5.91 Å². The van der Waals surface area contributed by atoms with Gasteiger partial charge in [-0.2, -0.15) is 0 Å². The van der Waals surface area contributed by atoms with Crippen molar-refractivity contribution in [1.29, 1.82) is 0 Å². The molecule has 2 heterocycles. The van der Waals surface area contributed by atoms with Crippen LogP contribution in [0.4, 0.5) is 0 Å². The van der Waals surface area contributed by atoms with Crippen LogP contribution < -0.4 is 4.74 Å². The molecule has 3 aromatic rings. The van der Waals surface area contributed by atoms with Crippen LogP contribution in [-0.2, 0) is 29.0 Å². The summed E-state index contributed by atoms with van der Waals surface area (Å²) in [5.41, 5.74) is 3.00. The summed E-state index contributed by atoms with van der Waals surface area (Å²) < 4.78 is 7.79. The van der Waals surface area contributed by atoms with Gasteiger partial charge in [-0.1, -0.05) is 36.4 Å². The smallest absolute Gasteiger partial charge is 0.307 e. The number of aromatic nitrogens is 1. The molecule has 1 atom stereocenters. The van der Waals surface area contributed by atoms with Crippen LogP contribution in [0.1, 0.15) is 17.7 Å². The van der Waals surface area contributed by atoms with Crippen molar-refractivity contribution >= 4 is 22.8 Å². The summed E-state index contributed by atoms with van der Waals surface area (Å²) in [4.78, 5) is 25.8. The van der Waals surface area contributed by atoms with Gasteiger partial charge in [-0.05, 0) is 36.6 Å². The Kier molecular flexibility index (Phi) is 5.25. The van der Waals surface area contributed by atoms with E-state index in [-0.39, 0.29) is 25.0 Å². The van der Waals surface area contributed by atoms with Crippen LogP contribution in [-0.4, -0.2) is 46.1 Å². The van der Waals surface area contributed by atoms with Gasteiger partial charge in [0.15, 0.2) is 6.61 Å². The van der Waals surface area contributed by atoms with E-state index in [0.29, 0.717) is 12.3 Å². The molecule has 1 N–H and O–H groups in total. The number of aliphatic carboxylic acids is 1. The summed E-state index contributed by atoms with van der Waals surface area (Å²) in [6.07, 6.45) is 1.57. The molecule has 29 heavy (non-hydrogen) atoms. The van der Waals surface area contributed by atoms with Crippen molar-refractivity contribution in [2.75, 3.05) is 13.7 Å². The Morgan fingerprint density at radius 1 is 1.14 bits per heavy atom. The lowest BCUT2D eigenvalue weighted by atomic mass is 9.99. The molecular formula is C23H24N2O4. The molecule has 0 bridgehead atoms. The highest BCUT2D eigenvalue weighted by Gasteiger charge is 2.29. The van der Waals surface area contributed by atoms with Crippen molar-refractivity contribution in [3.05, 3.63) is 65.9 Å². The molecule has 1 aliphatic heterocycles. The van der Waals surface area contributed by atoms with Gasteiger partial charge >= 0.3 is 5.97 Å². The first kappa shape index (κ1) is 19.1. The minimum Gasteiger partial charge on any atom is -0.484 e. The number of carbonyl (C=O) groups is 2. The molecule has 1 amide bonds. The highest BCUT2D eigenvalue weighted by Crippen LogP contribution is 2.32. The zero-order valence-corrected chi connectivity index (χ0v) is 16.4. The summed E-state index contributed by atoms with van der Waals surface area (Å²) in [6, 6.07) is 17.3. The lowest BCUT2D eigenvalue weighted by molar-refractivity contribution is -0.136. The molecule has 1 aliphatic rings. The number of carboxylic acid groups (broad SMARTS) is 1. The third-order valence-electron chi connectivity index (χ3n) is 5.68. The first-order valence-electron chi connectivity index (χ1n) is 9.79. The Morgan fingerprint density at radius 3 is 2.62 bits per heavy atom. The maximum atomic E-state index is 12.7. The predicted octanol–water partition coefficient (Wildman–Crippen LogP) is 3.12. The molecule has 0 spiro atoms. The number of benzene rings is 2. The van der Waals surface area contributed by atoms with Crippen molar-refractivity contribution in [1.82, 2.24) is 9.47 Å². The molecule has 0 unspecified atom stereocenters. The number of likely N-dealkylation sites (N-methyl/N-ethyl adjacent to an activating group) is 1. The van der Waals surface area contributed by atoms with Gasteiger partial charge in [-0.25, -0.2) is 0 Å². The number of hydrogen-bond acceptors (Lipinski definition) is 3. The maximum Gasteiger partial charge on any atom is 0.307 e. The fourth-order valence-corrected chi connectivity index (χ4v) is 4.16. The molecule has 6 heteroatoms. The number of fused-ring (bicyclic) bond motifs is 3. The highest BCUT2D eigenvalue weighted by molar-refractivity contribution is 5.89. The minimum atomic E-state index is -0.823. The topological polar surface area (TPSA) is 71.8 Å². The van der Waals surface area contributed by atoms with E-state index in [1.165, 1.54) is 0 Å². The van der Waals surface area contributed by atoms with E-state index in [0.717, 1.165) is 35.0 Å². The van der Waals surface area contributed by atoms with Gasteiger partial charge in [0, 0.05) is 36.2 Å². The third-order valence-corrected chi connectivity index (χ3v) is 5.68. The summed E-state index contributed by atoms with van der Waals surface area (Å²) in [5, 5.41) is 10.3. The van der Waals surface area contributed by atoms with Crippen molar-refractivity contribution in [3.63, 3.8) is 0 Å². The van der Waals surface area contributed by atoms with Crippen LogP contribution in [0.5, 0.6) is 5.75 Å². The minimum absolute atomic E-state index is 0.000557. The second kappa shape index (κ2) is 7.99. The number of rotatable bonds is 6. The van der Waals surface area contributed by atoms with Crippen molar-refractivity contribution in [2.45, 2.75) is 31.8 Å². The van der Waals surface area contributed by atoms with E-state index < -0.39 is 5.97 Å². The molecule has 0 aliphatic carbocycles. The molecule has 4 rings (SSSR count). The zero-order valence-electron chi connectivity index (χ0n) is 16.4. The number of ether oxygens (including phenoxy) is 1. The monoisotopic (exact) mass is 392 g/mol. The Labute approximate surface area is 169 Å². The first-order chi connectivity index (χ1) is 14.0. The van der Waals surface area contributed by atoms with Gasteiger partial charge in [0.2, 0.25) is 0 Å². The number of carboxylic acids is 1. The van der Waals surface area contributed by atoms with Gasteiger partial charge in [0.05, 0.1) is 6.42 Å². The first-order valence-corrected chi connectivity index (χ1v) is 9.79. The number of hydrogen-bond donors (Lipinski definition) is 1. The highest BCUT2D eigenvalue weighted by atomic mass is 16.5. The number of amides is 1. The second-order valence-corrected chi connectivity index (χ2v) is 7.42. The predicted molar refractivity (Wildman–Crippen MR) is 110 cm³/mol. The second-order valence-electron chi connectivity index (χ2n) is 7.42. The standard InChI is InChI=1S/C23H24N2O4/c1-24(22(26)15-29-17-7-3-2-4-8-17)16-11-12-21-19(13-23(27)28)18-9-5-6-10-20(18)25(21)14-16/h2-10,16H,11-15H2,1H3,(H,27,28)/t16-/m1/s1. The Hall–Kier alpha value is -3.28. The van der Waals surface area contributed by atoms with E-state index in [4.69, 9.17) is 4.74 Å². The van der Waals surface area contributed by atoms with E-state index in [9.17, 15) is 14.7 Å². The van der Waals surface area contributed by atoms with Crippen molar-refractivity contribution in [3.8, 4) is 5.75 Å². The van der Waals surface area contributed by atoms with E-state index >= 15 is 0 Å². The molecule has 6 nitrogen and oxygen atoms in total. The largest absolute Gasteiger partial charge is 0.484 e. The molecule has 0 saturated heterocycles. The van der Waals surface area contributed by atoms with E-state index in [1.807, 2.05) is 61.6 Å². The fraction of sp³-hybridized carbons (Fsp3) is 0.304. The van der Waals surface area contributed by atoms with Crippen LogP contribution in [0.2, 0.25) is 0 Å². The Morgan fingerprint density at radius 2 is 1.86 bits per heavy atom. The lowest BCUT2D eigenvalue weighted by Crippen LogP contribution is -2.44. The Balaban J connectivity index is 1.52. The van der Waals surface area contributed by atoms with Crippen LogP contribution >= 0.6 is 0 Å². The van der Waals surface area contributed by atoms with Crippen molar-refractivity contribution < 1.29 is 19.4 Å². The zero-order chi connectivity index (χ0) is 20.4. The Bertz CT molecular complexity index is 1040. The summed E-state index contributed by atoms with van der Waals surface area (Å²) in [7, 11) is 1.82. The SMILES string of the molecule is CN(C(=O)COc1ccccc1)[C@@H]1CCc2c(CC(=O)O)c3ccccc3n2C1. The number of nitrogens with zero attached hydrogens (tertiary/aromatic N) is 2. The van der Waals surface area contributed by atoms with Gasteiger partial charge in [0.1, 0.15) is 5.75 Å². The van der Waals surface area contributed by atoms with Crippen LogP contribution in [0.3, 0.4) is 0 Å². The molecule has 0 radical (unpaired) electrons. The molecule has 150 valence electrons. The van der Waals surface area contributed by atoms with Crippen LogP contribution in [0.25, 0.3) is 10.9 Å². The maximum absolute atomic E-state index is 12.7. The van der Waals surface area contributed by atoms with Crippen molar-refractivity contribution in [2.24, 2.45) is 0 Å². The third kappa shape index (κ3) is 3.83. The van der Waals surface area contributed by atoms with E-state index in [1.54, 1.807) is 4.90 Å². The number of para-hydroxylation sites is 2. The fourth-order valence-electron chi connectivity index (χ4n) is 4.16. The molecule has 0 saturated carbocycles. The molecule has 1 aromatic heterocycles. The molecular weight excluding hydrogens is 368 g/mol. The number of carbonyl (C=O) groups excluding carboxylic acids is 1. The van der Waals surface area contributed by atoms with E-state index in [2.05, 4.69) is 4.57 Å². The van der Waals surface area contributed by atoms with Crippen LogP contribution in [0.15, 0.2) is 54.6 Å². The van der Waals surface area contributed by atoms with Gasteiger partial charge in [-0.15, -0.1) is 0 Å². The average molecular weight is 392 g/mol. The summed E-state index contributed by atoms with van der Waals surface area (Å²) in [6.45, 7) is 0.656. The summed E-state index contributed by atoms with van der Waals surface area (Å²) >= 11 is 0. The average Bonchev–Trinajstić information content (AvgIpc) is 3.05. The molecule has 2 aromatic carbocycles. The summed E-state index contributed by atoms with van der Waals surface area (Å²) in [5.74, 6) is -0.212. The quantitative estimate of drug-likeness (QED) is 0.700. The van der Waals surface area contributed by atoms with Gasteiger partial charge in [-0.3, -0.25) is 9.59 Å². The molecule has 0 fully saturated rings. The lowest BCUT2D eigenvalue weighted by Gasteiger charge is -2.33. The van der Waals surface area contributed by atoms with Crippen LogP contribution in [0, 0.1) is 0 Å². The van der Waals surface area contributed by atoms with Gasteiger partial charge < -0.3 is 19.3 Å². The normalized spacial score (nSPS) is 15.7.